The first-order chi connectivity index (χ1) is 12.6. The van der Waals surface area contributed by atoms with Gasteiger partial charge in [0.05, 0.1) is 23.6 Å². The van der Waals surface area contributed by atoms with E-state index in [4.69, 9.17) is 16.6 Å². The lowest BCUT2D eigenvalue weighted by Crippen LogP contribution is -2.32. The van der Waals surface area contributed by atoms with Crippen molar-refractivity contribution in [3.05, 3.63) is 71.0 Å². The Morgan fingerprint density at radius 2 is 2.04 bits per heavy atom. The number of hydrogen-bond donors (Lipinski definition) is 1. The molecule has 2 aromatic rings. The minimum absolute atomic E-state index is 0.0777. The zero-order valence-corrected chi connectivity index (χ0v) is 15.4. The molecular weight excluding hydrogens is 348 g/mol. The predicted octanol–water partition coefficient (Wildman–Crippen LogP) is 4.45. The van der Waals surface area contributed by atoms with Gasteiger partial charge in [-0.25, -0.2) is 9.67 Å². The minimum Gasteiger partial charge on any atom is -0.492 e. The number of halogens is 1. The first-order valence-electron chi connectivity index (χ1n) is 8.55. The maximum Gasteiger partial charge on any atom is 0.236 e. The van der Waals surface area contributed by atoms with Crippen molar-refractivity contribution in [2.24, 2.45) is 4.99 Å². The summed E-state index contributed by atoms with van der Waals surface area (Å²) in [5.41, 5.74) is 4.47. The molecule has 0 radical (unpaired) electrons. The van der Waals surface area contributed by atoms with E-state index < -0.39 is 0 Å². The van der Waals surface area contributed by atoms with Crippen molar-refractivity contribution in [2.75, 3.05) is 0 Å². The van der Waals surface area contributed by atoms with Crippen molar-refractivity contribution in [1.29, 1.82) is 0 Å². The first kappa shape index (κ1) is 16.7. The van der Waals surface area contributed by atoms with Crippen LogP contribution in [0.3, 0.4) is 0 Å². The summed E-state index contributed by atoms with van der Waals surface area (Å²) in [6.07, 6.45) is 7.47. The van der Waals surface area contributed by atoms with E-state index in [9.17, 15) is 5.11 Å². The Morgan fingerprint density at radius 3 is 2.73 bits per heavy atom. The van der Waals surface area contributed by atoms with Gasteiger partial charge in [0.15, 0.2) is 0 Å². The third kappa shape index (κ3) is 2.56. The fourth-order valence-corrected chi connectivity index (χ4v) is 3.70. The molecule has 26 heavy (non-hydrogen) atoms. The quantitative estimate of drug-likeness (QED) is 0.816. The molecule has 3 heterocycles. The molecule has 2 aliphatic heterocycles. The van der Waals surface area contributed by atoms with Gasteiger partial charge < -0.3 is 10.0 Å². The number of aryl methyl sites for hydroxylation is 1. The number of nitrogens with zero attached hydrogens (tertiary/aromatic N) is 4. The summed E-state index contributed by atoms with van der Waals surface area (Å²) < 4.78 is 1.52. The van der Waals surface area contributed by atoms with Crippen molar-refractivity contribution in [3.63, 3.8) is 0 Å². The van der Waals surface area contributed by atoms with Crippen molar-refractivity contribution in [3.8, 4) is 5.88 Å². The van der Waals surface area contributed by atoms with Gasteiger partial charge in [0.25, 0.3) is 0 Å². The number of rotatable bonds is 3. The molecule has 0 saturated heterocycles. The Bertz CT molecular complexity index is 969. The van der Waals surface area contributed by atoms with Gasteiger partial charge >= 0.3 is 0 Å². The van der Waals surface area contributed by atoms with E-state index in [0.29, 0.717) is 17.4 Å². The number of hydrogen-bond acceptors (Lipinski definition) is 4. The van der Waals surface area contributed by atoms with E-state index in [1.165, 1.54) is 4.68 Å². The van der Waals surface area contributed by atoms with E-state index in [0.717, 1.165) is 22.5 Å². The molecule has 0 amide bonds. The fourth-order valence-electron chi connectivity index (χ4n) is 3.43. The summed E-state index contributed by atoms with van der Waals surface area (Å²) in [5.74, 6) is 0.0777. The Hall–Kier alpha value is -2.79. The molecule has 1 unspecified atom stereocenters. The van der Waals surface area contributed by atoms with Gasteiger partial charge in [0, 0.05) is 6.54 Å². The van der Waals surface area contributed by atoms with Crippen LogP contribution in [0.2, 0.25) is 0 Å². The maximum atomic E-state index is 10.3. The third-order valence-electron chi connectivity index (χ3n) is 4.68. The lowest BCUT2D eigenvalue weighted by Gasteiger charge is -2.29. The molecule has 132 valence electrons. The number of benzene rings is 1. The van der Waals surface area contributed by atoms with Gasteiger partial charge in [0.1, 0.15) is 10.8 Å². The van der Waals surface area contributed by atoms with Gasteiger partial charge in [-0.3, -0.25) is 0 Å². The topological polar surface area (TPSA) is 53.7 Å². The average Bonchev–Trinajstić information content (AvgIpc) is 3.15. The Kier molecular flexibility index (Phi) is 4.17. The van der Waals surface area contributed by atoms with Crippen molar-refractivity contribution < 1.29 is 5.11 Å². The van der Waals surface area contributed by atoms with Gasteiger partial charge in [-0.2, -0.15) is 5.10 Å². The van der Waals surface area contributed by atoms with Crippen LogP contribution in [0.1, 0.15) is 19.4 Å². The highest BCUT2D eigenvalue weighted by Crippen LogP contribution is 2.41. The summed E-state index contributed by atoms with van der Waals surface area (Å²) in [5, 5.41) is 15.1. The molecule has 1 aromatic carbocycles. The second-order valence-corrected chi connectivity index (χ2v) is 6.58. The lowest BCUT2D eigenvalue weighted by molar-refractivity contribution is 0.406. The molecular formula is C20H19ClN4O. The lowest BCUT2D eigenvalue weighted by atomic mass is 10.0. The summed E-state index contributed by atoms with van der Waals surface area (Å²) in [4.78, 5) is 6.82. The number of aromatic hydroxyl groups is 1. The molecule has 0 bridgehead atoms. The fraction of sp³-hybridized carbons (Fsp3) is 0.200. The average molecular weight is 367 g/mol. The highest BCUT2D eigenvalue weighted by atomic mass is 35.5. The summed E-state index contributed by atoms with van der Waals surface area (Å²) >= 11 is 6.53. The Labute approximate surface area is 157 Å². The molecule has 6 heteroatoms. The molecule has 0 spiro atoms. The predicted molar refractivity (Wildman–Crippen MR) is 104 cm³/mol. The molecule has 1 N–H and O–H groups in total. The zero-order valence-electron chi connectivity index (χ0n) is 14.6. The Balaban J connectivity index is 1.88. The normalized spacial score (nSPS) is 20.7. The van der Waals surface area contributed by atoms with Crippen LogP contribution in [0.25, 0.3) is 5.70 Å². The molecule has 0 fully saturated rings. The third-order valence-corrected chi connectivity index (χ3v) is 4.98. The zero-order chi connectivity index (χ0) is 18.3. The van der Waals surface area contributed by atoms with Crippen LogP contribution in [0.15, 0.2) is 70.5 Å². The van der Waals surface area contributed by atoms with Gasteiger partial charge in [0.2, 0.25) is 5.88 Å². The van der Waals surface area contributed by atoms with E-state index in [-0.39, 0.29) is 11.9 Å². The van der Waals surface area contributed by atoms with Crippen LogP contribution >= 0.6 is 11.6 Å². The van der Waals surface area contributed by atoms with Crippen molar-refractivity contribution in [2.45, 2.75) is 26.4 Å². The maximum absolute atomic E-state index is 10.3. The highest BCUT2D eigenvalue weighted by Gasteiger charge is 2.37. The first-order valence-corrected chi connectivity index (χ1v) is 8.93. The largest absolute Gasteiger partial charge is 0.492 e. The van der Waals surface area contributed by atoms with E-state index in [2.05, 4.69) is 28.2 Å². The molecule has 4 rings (SSSR count). The van der Waals surface area contributed by atoms with E-state index >= 15 is 0 Å². The number of allylic oxidation sites excluding steroid dienone is 2. The summed E-state index contributed by atoms with van der Waals surface area (Å²) in [7, 11) is 0. The monoisotopic (exact) mass is 366 g/mol. The van der Waals surface area contributed by atoms with Crippen molar-refractivity contribution in [1.82, 2.24) is 14.7 Å². The molecule has 2 aliphatic rings. The van der Waals surface area contributed by atoms with Crippen LogP contribution in [0.4, 0.5) is 5.69 Å². The molecule has 5 nitrogen and oxygen atoms in total. The molecule has 1 atom stereocenters. The van der Waals surface area contributed by atoms with Crippen LogP contribution in [-0.4, -0.2) is 31.5 Å². The number of aromatic nitrogens is 2. The summed E-state index contributed by atoms with van der Waals surface area (Å²) in [6.45, 7) is 4.55. The second kappa shape index (κ2) is 6.50. The molecule has 0 aliphatic carbocycles. The smallest absolute Gasteiger partial charge is 0.236 e. The summed E-state index contributed by atoms with van der Waals surface area (Å²) in [6, 6.07) is 10.0. The standard InChI is InChI=1S/C20H19ClN4O/c1-3-24-20(26)15(12-22-24)23-18-13(2)19(14-8-5-4-6-9-14)25-16(18)10-7-11-17(25)21/h4-12,16,26H,3H2,1-2H3/b23-18+. The van der Waals surface area contributed by atoms with Gasteiger partial charge in [-0.1, -0.05) is 54.1 Å². The van der Waals surface area contributed by atoms with Crippen LogP contribution in [0, 0.1) is 0 Å². The highest BCUT2D eigenvalue weighted by molar-refractivity contribution is 6.31. The molecule has 1 aromatic heterocycles. The molecule has 0 saturated carbocycles. The van der Waals surface area contributed by atoms with Crippen LogP contribution in [0.5, 0.6) is 5.88 Å². The second-order valence-electron chi connectivity index (χ2n) is 6.19. The van der Waals surface area contributed by atoms with Gasteiger partial charge in [-0.05, 0) is 31.1 Å². The number of aliphatic imine (C=N–C) groups is 1. The Morgan fingerprint density at radius 1 is 1.27 bits per heavy atom. The van der Waals surface area contributed by atoms with Crippen LogP contribution in [-0.2, 0) is 6.54 Å². The number of fused-ring (bicyclic) bond motifs is 1. The van der Waals surface area contributed by atoms with E-state index in [1.807, 2.05) is 44.2 Å². The van der Waals surface area contributed by atoms with Crippen molar-refractivity contribution >= 4 is 28.7 Å². The SMILES string of the molecule is CCn1ncc(/N=C2\C(C)=C(c3ccccc3)N3C(Cl)=CC=CC23)c1O. The van der Waals surface area contributed by atoms with E-state index in [1.54, 1.807) is 6.20 Å². The van der Waals surface area contributed by atoms with Gasteiger partial charge in [-0.15, -0.1) is 0 Å². The van der Waals surface area contributed by atoms with Crippen LogP contribution < -0.4 is 0 Å². The minimum atomic E-state index is -0.105.